The molecule has 1 saturated carbocycles. The number of pyridine rings is 1. The van der Waals surface area contributed by atoms with Gasteiger partial charge in [0.05, 0.1) is 5.52 Å². The number of nitrogens with zero attached hydrogens (tertiary/aromatic N) is 1. The summed E-state index contributed by atoms with van der Waals surface area (Å²) < 4.78 is 0. The Morgan fingerprint density at radius 2 is 2.12 bits per heavy atom. The molecule has 1 atom stereocenters. The van der Waals surface area contributed by atoms with Gasteiger partial charge in [-0.15, -0.1) is 0 Å². The van der Waals surface area contributed by atoms with Gasteiger partial charge in [-0.1, -0.05) is 18.2 Å². The summed E-state index contributed by atoms with van der Waals surface area (Å²) in [6, 6.07) is 10.3. The second-order valence-corrected chi connectivity index (χ2v) is 4.86. The van der Waals surface area contributed by atoms with Crippen LogP contribution in [0.4, 0.5) is 0 Å². The minimum absolute atomic E-state index is 0.339. The smallest absolute Gasteiger partial charge is 0.133 e. The van der Waals surface area contributed by atoms with E-state index in [-0.39, 0.29) is 0 Å². The van der Waals surface area contributed by atoms with E-state index in [1.165, 1.54) is 10.9 Å². The van der Waals surface area contributed by atoms with Gasteiger partial charge in [-0.3, -0.25) is 9.78 Å². The van der Waals surface area contributed by atoms with Gasteiger partial charge in [0.1, 0.15) is 5.78 Å². The lowest BCUT2D eigenvalue weighted by Gasteiger charge is -2.10. The summed E-state index contributed by atoms with van der Waals surface area (Å²) in [5, 5.41) is 1.21. The molecule has 1 aromatic heterocycles. The molecule has 1 aromatic carbocycles. The molecule has 2 aromatic rings. The zero-order valence-corrected chi connectivity index (χ0v) is 9.94. The molecular formula is C15H15NO. The number of Topliss-reactive ketones (excluding diaryl/α,β-unsaturated/α-hetero) is 1. The number of ketones is 1. The Hall–Kier alpha value is -1.70. The largest absolute Gasteiger partial charge is 0.300 e. The fourth-order valence-corrected chi connectivity index (χ4v) is 2.65. The second-order valence-electron chi connectivity index (χ2n) is 4.86. The number of fused-ring (bicyclic) bond motifs is 1. The first-order valence-corrected chi connectivity index (χ1v) is 6.12. The third kappa shape index (κ3) is 1.84. The number of carbonyl (C=O) groups excluding carboxylic acids is 1. The molecule has 86 valence electrons. The van der Waals surface area contributed by atoms with E-state index >= 15 is 0 Å². The fraction of sp³-hybridized carbons (Fsp3) is 0.333. The van der Waals surface area contributed by atoms with E-state index in [9.17, 15) is 4.79 Å². The van der Waals surface area contributed by atoms with Crippen molar-refractivity contribution in [2.75, 3.05) is 0 Å². The lowest BCUT2D eigenvalue weighted by molar-refractivity contribution is -0.117. The third-order valence-electron chi connectivity index (χ3n) is 3.61. The number of para-hydroxylation sites is 1. The van der Waals surface area contributed by atoms with Crippen LogP contribution in [0, 0.1) is 6.92 Å². The molecule has 2 nitrogen and oxygen atoms in total. The van der Waals surface area contributed by atoms with Gasteiger partial charge in [0.25, 0.3) is 0 Å². The summed E-state index contributed by atoms with van der Waals surface area (Å²) in [4.78, 5) is 16.0. The molecule has 0 amide bonds. The van der Waals surface area contributed by atoms with E-state index in [0.29, 0.717) is 18.1 Å². The first kappa shape index (κ1) is 10.5. The third-order valence-corrected chi connectivity index (χ3v) is 3.61. The van der Waals surface area contributed by atoms with Crippen molar-refractivity contribution in [2.45, 2.75) is 32.1 Å². The predicted octanol–water partition coefficient (Wildman–Crippen LogP) is 3.38. The SMILES string of the molecule is Cc1cc(C2CCC(=O)C2)nc2ccccc12. The normalized spacial score (nSPS) is 20.1. The van der Waals surface area contributed by atoms with Crippen molar-refractivity contribution in [1.82, 2.24) is 4.98 Å². The highest BCUT2D eigenvalue weighted by Gasteiger charge is 2.24. The van der Waals surface area contributed by atoms with Crippen LogP contribution in [0.2, 0.25) is 0 Å². The van der Waals surface area contributed by atoms with Crippen LogP contribution >= 0.6 is 0 Å². The summed E-state index contributed by atoms with van der Waals surface area (Å²) in [5.74, 6) is 0.716. The van der Waals surface area contributed by atoms with E-state index in [1.807, 2.05) is 18.2 Å². The Balaban J connectivity index is 2.09. The zero-order valence-electron chi connectivity index (χ0n) is 9.94. The lowest BCUT2D eigenvalue weighted by atomic mass is 10.00. The maximum Gasteiger partial charge on any atom is 0.133 e. The summed E-state index contributed by atoms with van der Waals surface area (Å²) in [6.45, 7) is 2.12. The number of hydrogen-bond donors (Lipinski definition) is 0. The van der Waals surface area contributed by atoms with Gasteiger partial charge in [0.15, 0.2) is 0 Å². The van der Waals surface area contributed by atoms with Crippen LogP contribution in [0.5, 0.6) is 0 Å². The molecule has 0 N–H and O–H groups in total. The van der Waals surface area contributed by atoms with Crippen molar-refractivity contribution >= 4 is 16.7 Å². The Morgan fingerprint density at radius 3 is 2.88 bits per heavy atom. The van der Waals surface area contributed by atoms with Gasteiger partial charge in [-0.05, 0) is 31.0 Å². The van der Waals surface area contributed by atoms with Gasteiger partial charge in [0.2, 0.25) is 0 Å². The summed E-state index contributed by atoms with van der Waals surface area (Å²) in [7, 11) is 0. The van der Waals surface area contributed by atoms with Crippen molar-refractivity contribution in [2.24, 2.45) is 0 Å². The molecular weight excluding hydrogens is 210 g/mol. The van der Waals surface area contributed by atoms with Crippen molar-refractivity contribution < 1.29 is 4.79 Å². The van der Waals surface area contributed by atoms with Crippen LogP contribution in [0.15, 0.2) is 30.3 Å². The van der Waals surface area contributed by atoms with Crippen molar-refractivity contribution in [3.05, 3.63) is 41.6 Å². The van der Waals surface area contributed by atoms with Crippen LogP contribution in [-0.2, 0) is 4.79 Å². The molecule has 0 aliphatic heterocycles. The topological polar surface area (TPSA) is 30.0 Å². The summed E-state index contributed by atoms with van der Waals surface area (Å²) in [5.41, 5.74) is 3.39. The number of rotatable bonds is 1. The van der Waals surface area contributed by atoms with Crippen LogP contribution in [0.1, 0.15) is 36.4 Å². The highest BCUT2D eigenvalue weighted by Crippen LogP contribution is 2.32. The Kier molecular flexibility index (Phi) is 2.43. The first-order valence-electron chi connectivity index (χ1n) is 6.12. The Bertz CT molecular complexity index is 588. The quantitative estimate of drug-likeness (QED) is 0.744. The Labute approximate surface area is 101 Å². The van der Waals surface area contributed by atoms with Crippen LogP contribution in [0.3, 0.4) is 0 Å². The van der Waals surface area contributed by atoms with Crippen molar-refractivity contribution in [3.8, 4) is 0 Å². The van der Waals surface area contributed by atoms with Crippen LogP contribution in [0.25, 0.3) is 10.9 Å². The van der Waals surface area contributed by atoms with Crippen molar-refractivity contribution in [1.29, 1.82) is 0 Å². The van der Waals surface area contributed by atoms with Gasteiger partial charge in [-0.2, -0.15) is 0 Å². The summed E-state index contributed by atoms with van der Waals surface area (Å²) >= 11 is 0. The molecule has 1 unspecified atom stereocenters. The molecule has 17 heavy (non-hydrogen) atoms. The van der Waals surface area contributed by atoms with E-state index in [2.05, 4.69) is 19.1 Å². The molecule has 1 aliphatic rings. The zero-order chi connectivity index (χ0) is 11.8. The number of benzene rings is 1. The van der Waals surface area contributed by atoms with Crippen LogP contribution < -0.4 is 0 Å². The van der Waals surface area contributed by atoms with Gasteiger partial charge in [-0.25, -0.2) is 0 Å². The monoisotopic (exact) mass is 225 g/mol. The van der Waals surface area contributed by atoms with Gasteiger partial charge < -0.3 is 0 Å². The van der Waals surface area contributed by atoms with Gasteiger partial charge >= 0.3 is 0 Å². The standard InChI is InChI=1S/C15H15NO/c1-10-8-15(11-6-7-12(17)9-11)16-14-5-3-2-4-13(10)14/h2-5,8,11H,6-7,9H2,1H3. The average Bonchev–Trinajstić information content (AvgIpc) is 2.76. The number of aryl methyl sites for hydroxylation is 1. The lowest BCUT2D eigenvalue weighted by Crippen LogP contribution is -1.99. The predicted molar refractivity (Wildman–Crippen MR) is 68.1 cm³/mol. The maximum atomic E-state index is 11.3. The van der Waals surface area contributed by atoms with E-state index in [4.69, 9.17) is 4.98 Å². The number of hydrogen-bond acceptors (Lipinski definition) is 2. The average molecular weight is 225 g/mol. The molecule has 0 radical (unpaired) electrons. The minimum Gasteiger partial charge on any atom is -0.300 e. The highest BCUT2D eigenvalue weighted by molar-refractivity contribution is 5.83. The number of aromatic nitrogens is 1. The summed E-state index contributed by atoms with van der Waals surface area (Å²) in [6.07, 6.45) is 2.35. The molecule has 1 aliphatic carbocycles. The molecule has 1 fully saturated rings. The fourth-order valence-electron chi connectivity index (χ4n) is 2.65. The molecule has 1 heterocycles. The molecule has 2 heteroatoms. The maximum absolute atomic E-state index is 11.3. The number of carbonyl (C=O) groups is 1. The molecule has 0 spiro atoms. The molecule has 0 bridgehead atoms. The minimum atomic E-state index is 0.339. The highest BCUT2D eigenvalue weighted by atomic mass is 16.1. The first-order chi connectivity index (χ1) is 8.24. The van der Waals surface area contributed by atoms with Gasteiger partial charge in [0, 0.05) is 29.8 Å². The van der Waals surface area contributed by atoms with E-state index in [1.54, 1.807) is 0 Å². The van der Waals surface area contributed by atoms with Crippen molar-refractivity contribution in [3.63, 3.8) is 0 Å². The van der Waals surface area contributed by atoms with E-state index < -0.39 is 0 Å². The van der Waals surface area contributed by atoms with Crippen LogP contribution in [-0.4, -0.2) is 10.8 Å². The molecule has 3 rings (SSSR count). The second kappa shape index (κ2) is 3.95. The van der Waals surface area contributed by atoms with E-state index in [0.717, 1.165) is 24.1 Å². The molecule has 0 saturated heterocycles. The Morgan fingerprint density at radius 1 is 1.29 bits per heavy atom.